The van der Waals surface area contributed by atoms with E-state index >= 15 is 0 Å². The quantitative estimate of drug-likeness (QED) is 0.838. The maximum Gasteiger partial charge on any atom is 0.227 e. The molecule has 0 spiro atoms. The minimum absolute atomic E-state index is 0.185. The highest BCUT2D eigenvalue weighted by Crippen LogP contribution is 2.34. The predicted molar refractivity (Wildman–Crippen MR) is 102 cm³/mol. The number of carbonyl (C=O) groups is 1. The van der Waals surface area contributed by atoms with E-state index in [1.807, 2.05) is 48.2 Å². The Morgan fingerprint density at radius 2 is 1.80 bits per heavy atom. The molecule has 1 aliphatic rings. The van der Waals surface area contributed by atoms with Crippen LogP contribution in [0, 0.1) is 6.92 Å². The first-order chi connectivity index (χ1) is 12.1. The van der Waals surface area contributed by atoms with Crippen molar-refractivity contribution in [2.24, 2.45) is 0 Å². The van der Waals surface area contributed by atoms with Gasteiger partial charge in [-0.05, 0) is 24.1 Å². The number of benzene rings is 2. The monoisotopic (exact) mass is 358 g/mol. The smallest absolute Gasteiger partial charge is 0.227 e. The number of halogens is 1. The number of rotatable bonds is 4. The van der Waals surface area contributed by atoms with E-state index in [2.05, 4.69) is 11.0 Å². The molecule has 5 heteroatoms. The standard InChI is InChI=1S/C20H23ClN2O2/c1-15-12-18(19(25-2)14-17(15)21)22-8-10-23(11-9-22)20(24)13-16-6-4-3-5-7-16/h3-7,12,14H,8-11,13H2,1-2H3. The van der Waals surface area contributed by atoms with Crippen molar-refractivity contribution in [2.75, 3.05) is 38.2 Å². The number of aryl methyl sites for hydroxylation is 1. The number of anilines is 1. The van der Waals surface area contributed by atoms with Crippen LogP contribution in [0.1, 0.15) is 11.1 Å². The van der Waals surface area contributed by atoms with E-state index < -0.39 is 0 Å². The Kier molecular flexibility index (Phi) is 5.49. The maximum absolute atomic E-state index is 12.5. The van der Waals surface area contributed by atoms with Gasteiger partial charge >= 0.3 is 0 Å². The van der Waals surface area contributed by atoms with Gasteiger partial charge in [-0.25, -0.2) is 0 Å². The van der Waals surface area contributed by atoms with E-state index in [-0.39, 0.29) is 5.91 Å². The normalized spacial score (nSPS) is 14.5. The summed E-state index contributed by atoms with van der Waals surface area (Å²) < 4.78 is 5.48. The number of nitrogens with zero attached hydrogens (tertiary/aromatic N) is 2. The molecule has 0 aliphatic carbocycles. The lowest BCUT2D eigenvalue weighted by Gasteiger charge is -2.37. The van der Waals surface area contributed by atoms with Crippen LogP contribution in [0.15, 0.2) is 42.5 Å². The highest BCUT2D eigenvalue weighted by molar-refractivity contribution is 6.31. The minimum Gasteiger partial charge on any atom is -0.495 e. The van der Waals surface area contributed by atoms with Crippen LogP contribution in [-0.4, -0.2) is 44.1 Å². The zero-order chi connectivity index (χ0) is 17.8. The summed E-state index contributed by atoms with van der Waals surface area (Å²) in [6, 6.07) is 13.8. The summed E-state index contributed by atoms with van der Waals surface area (Å²) in [5.74, 6) is 0.963. The molecule has 1 amide bonds. The Morgan fingerprint density at radius 1 is 1.12 bits per heavy atom. The molecule has 1 heterocycles. The topological polar surface area (TPSA) is 32.8 Å². The summed E-state index contributed by atoms with van der Waals surface area (Å²) in [6.45, 7) is 5.01. The molecule has 132 valence electrons. The second-order valence-electron chi connectivity index (χ2n) is 6.30. The molecule has 2 aromatic carbocycles. The van der Waals surface area contributed by atoms with E-state index in [1.54, 1.807) is 7.11 Å². The summed E-state index contributed by atoms with van der Waals surface area (Å²) in [5.41, 5.74) is 3.13. The second kappa shape index (κ2) is 7.79. The van der Waals surface area contributed by atoms with Gasteiger partial charge < -0.3 is 14.5 Å². The number of carbonyl (C=O) groups excluding carboxylic acids is 1. The highest BCUT2D eigenvalue weighted by Gasteiger charge is 2.23. The van der Waals surface area contributed by atoms with Gasteiger partial charge in [-0.3, -0.25) is 4.79 Å². The predicted octanol–water partition coefficient (Wildman–Crippen LogP) is 3.55. The van der Waals surface area contributed by atoms with Crippen LogP contribution in [0.5, 0.6) is 5.75 Å². The fraction of sp³-hybridized carbons (Fsp3) is 0.350. The third kappa shape index (κ3) is 4.07. The fourth-order valence-electron chi connectivity index (χ4n) is 3.14. The molecule has 0 aromatic heterocycles. The first-order valence-electron chi connectivity index (χ1n) is 8.49. The van der Waals surface area contributed by atoms with Gasteiger partial charge in [-0.15, -0.1) is 0 Å². The van der Waals surface area contributed by atoms with E-state index in [0.29, 0.717) is 11.4 Å². The molecule has 0 saturated carbocycles. The van der Waals surface area contributed by atoms with Gasteiger partial charge in [0.2, 0.25) is 5.91 Å². The number of hydrogen-bond donors (Lipinski definition) is 0. The summed E-state index contributed by atoms with van der Waals surface area (Å²) in [7, 11) is 1.66. The molecule has 4 nitrogen and oxygen atoms in total. The average molecular weight is 359 g/mol. The van der Waals surface area contributed by atoms with Crippen molar-refractivity contribution in [3.05, 3.63) is 58.6 Å². The Balaban J connectivity index is 1.64. The summed E-state index contributed by atoms with van der Waals surface area (Å²) in [5, 5.41) is 0.706. The van der Waals surface area contributed by atoms with Crippen LogP contribution in [0.3, 0.4) is 0 Å². The average Bonchev–Trinajstić information content (AvgIpc) is 2.64. The van der Waals surface area contributed by atoms with E-state index in [0.717, 1.165) is 48.7 Å². The number of ether oxygens (including phenoxy) is 1. The summed E-state index contributed by atoms with van der Waals surface area (Å²) >= 11 is 6.19. The van der Waals surface area contributed by atoms with Crippen molar-refractivity contribution >= 4 is 23.2 Å². The van der Waals surface area contributed by atoms with Crippen LogP contribution < -0.4 is 9.64 Å². The fourth-order valence-corrected chi connectivity index (χ4v) is 3.29. The Labute approximate surface area is 154 Å². The summed E-state index contributed by atoms with van der Waals surface area (Å²) in [6.07, 6.45) is 0.463. The van der Waals surface area contributed by atoms with Gasteiger partial charge in [0, 0.05) is 37.3 Å². The lowest BCUT2D eigenvalue weighted by molar-refractivity contribution is -0.130. The van der Waals surface area contributed by atoms with E-state index in [1.165, 1.54) is 0 Å². The summed E-state index contributed by atoms with van der Waals surface area (Å²) in [4.78, 5) is 16.7. The molecule has 1 fully saturated rings. The highest BCUT2D eigenvalue weighted by atomic mass is 35.5. The van der Waals surface area contributed by atoms with Crippen molar-refractivity contribution in [3.8, 4) is 5.75 Å². The number of methoxy groups -OCH3 is 1. The van der Waals surface area contributed by atoms with Crippen LogP contribution >= 0.6 is 11.6 Å². The van der Waals surface area contributed by atoms with Crippen molar-refractivity contribution < 1.29 is 9.53 Å². The molecule has 1 saturated heterocycles. The lowest BCUT2D eigenvalue weighted by Crippen LogP contribution is -2.49. The third-order valence-corrected chi connectivity index (χ3v) is 5.04. The molecule has 3 rings (SSSR count). The van der Waals surface area contributed by atoms with Gasteiger partial charge in [0.25, 0.3) is 0 Å². The van der Waals surface area contributed by atoms with Gasteiger partial charge in [0.15, 0.2) is 0 Å². The number of amides is 1. The van der Waals surface area contributed by atoms with Crippen molar-refractivity contribution in [2.45, 2.75) is 13.3 Å². The van der Waals surface area contributed by atoms with Gasteiger partial charge in [-0.2, -0.15) is 0 Å². The molecule has 0 unspecified atom stereocenters. The first kappa shape index (κ1) is 17.6. The molecular weight excluding hydrogens is 336 g/mol. The van der Waals surface area contributed by atoms with Gasteiger partial charge in [0.05, 0.1) is 19.2 Å². The molecule has 0 N–H and O–H groups in total. The second-order valence-corrected chi connectivity index (χ2v) is 6.71. The van der Waals surface area contributed by atoms with Crippen LogP contribution in [0.2, 0.25) is 5.02 Å². The Morgan fingerprint density at radius 3 is 2.44 bits per heavy atom. The zero-order valence-corrected chi connectivity index (χ0v) is 15.4. The SMILES string of the molecule is COc1cc(Cl)c(C)cc1N1CCN(C(=O)Cc2ccccc2)CC1. The Bertz CT molecular complexity index is 741. The molecule has 0 bridgehead atoms. The molecule has 2 aromatic rings. The third-order valence-electron chi connectivity index (χ3n) is 4.63. The lowest BCUT2D eigenvalue weighted by atomic mass is 10.1. The van der Waals surface area contributed by atoms with Crippen molar-refractivity contribution in [1.82, 2.24) is 4.90 Å². The maximum atomic E-state index is 12.5. The van der Waals surface area contributed by atoms with Crippen LogP contribution in [-0.2, 0) is 11.2 Å². The molecule has 25 heavy (non-hydrogen) atoms. The van der Waals surface area contributed by atoms with E-state index in [9.17, 15) is 4.79 Å². The molecule has 0 atom stereocenters. The number of hydrogen-bond acceptors (Lipinski definition) is 3. The first-order valence-corrected chi connectivity index (χ1v) is 8.87. The Hall–Kier alpha value is -2.20. The van der Waals surface area contributed by atoms with E-state index in [4.69, 9.17) is 16.3 Å². The zero-order valence-electron chi connectivity index (χ0n) is 14.7. The molecular formula is C20H23ClN2O2. The largest absolute Gasteiger partial charge is 0.495 e. The van der Waals surface area contributed by atoms with Crippen molar-refractivity contribution in [3.63, 3.8) is 0 Å². The van der Waals surface area contributed by atoms with Gasteiger partial charge in [0.1, 0.15) is 5.75 Å². The molecule has 1 aliphatic heterocycles. The van der Waals surface area contributed by atoms with Crippen molar-refractivity contribution in [1.29, 1.82) is 0 Å². The van der Waals surface area contributed by atoms with Gasteiger partial charge in [-0.1, -0.05) is 41.9 Å². The van der Waals surface area contributed by atoms with Crippen LogP contribution in [0.4, 0.5) is 5.69 Å². The minimum atomic E-state index is 0.185. The number of piperazine rings is 1. The molecule has 0 radical (unpaired) electrons. The van der Waals surface area contributed by atoms with Crippen LogP contribution in [0.25, 0.3) is 0 Å².